The molecule has 0 unspecified atom stereocenters. The SMILES string of the molecule is CC(C)(C)c1ccc2c(c1)c1cc(C(C)(C)C)ccc1n2-c1cc(-c2ccccc2)cc(Br)n1. The molecule has 0 spiro atoms. The van der Waals surface area contributed by atoms with E-state index in [2.05, 4.69) is 135 Å². The van der Waals surface area contributed by atoms with Crippen LogP contribution in [0.3, 0.4) is 0 Å². The lowest BCUT2D eigenvalue weighted by Gasteiger charge is -2.19. The Morgan fingerprint density at radius 3 is 1.65 bits per heavy atom. The molecule has 0 amide bonds. The lowest BCUT2D eigenvalue weighted by Crippen LogP contribution is -2.10. The molecule has 3 aromatic carbocycles. The summed E-state index contributed by atoms with van der Waals surface area (Å²) in [5, 5.41) is 2.55. The van der Waals surface area contributed by atoms with Gasteiger partial charge >= 0.3 is 0 Å². The summed E-state index contributed by atoms with van der Waals surface area (Å²) in [6.07, 6.45) is 0. The number of pyridine rings is 1. The topological polar surface area (TPSA) is 17.8 Å². The highest BCUT2D eigenvalue weighted by molar-refractivity contribution is 9.10. The summed E-state index contributed by atoms with van der Waals surface area (Å²) in [7, 11) is 0. The molecule has 2 nitrogen and oxygen atoms in total. The van der Waals surface area contributed by atoms with Gasteiger partial charge in [-0.15, -0.1) is 0 Å². The highest BCUT2D eigenvalue weighted by atomic mass is 79.9. The van der Waals surface area contributed by atoms with E-state index in [1.54, 1.807) is 0 Å². The Kier molecular flexibility index (Phi) is 5.44. The minimum Gasteiger partial charge on any atom is -0.294 e. The first-order valence-corrected chi connectivity index (χ1v) is 12.6. The fraction of sp³-hybridized carbons (Fsp3) is 0.258. The van der Waals surface area contributed by atoms with Gasteiger partial charge in [0, 0.05) is 10.8 Å². The third-order valence-electron chi connectivity index (χ3n) is 6.61. The zero-order chi connectivity index (χ0) is 24.3. The van der Waals surface area contributed by atoms with Gasteiger partial charge in [0.15, 0.2) is 0 Å². The molecule has 172 valence electrons. The number of benzene rings is 3. The number of rotatable bonds is 2. The number of fused-ring (bicyclic) bond motifs is 3. The maximum absolute atomic E-state index is 4.92. The summed E-state index contributed by atoms with van der Waals surface area (Å²) < 4.78 is 3.14. The van der Waals surface area contributed by atoms with Crippen molar-refractivity contribution in [2.75, 3.05) is 0 Å². The van der Waals surface area contributed by atoms with Crippen LogP contribution in [-0.4, -0.2) is 9.55 Å². The van der Waals surface area contributed by atoms with Crippen molar-refractivity contribution in [3.63, 3.8) is 0 Å². The van der Waals surface area contributed by atoms with Crippen molar-refractivity contribution in [1.82, 2.24) is 9.55 Å². The Bertz CT molecular complexity index is 1440. The Balaban J connectivity index is 1.85. The predicted molar refractivity (Wildman–Crippen MR) is 149 cm³/mol. The molecule has 0 aliphatic heterocycles. The van der Waals surface area contributed by atoms with Gasteiger partial charge in [0.05, 0.1) is 11.0 Å². The molecule has 0 aliphatic carbocycles. The molecule has 5 aromatic rings. The van der Waals surface area contributed by atoms with Crippen LogP contribution in [0.15, 0.2) is 83.5 Å². The molecular formula is C31H31BrN2. The Morgan fingerprint density at radius 1 is 0.618 bits per heavy atom. The van der Waals surface area contributed by atoms with E-state index < -0.39 is 0 Å². The molecular weight excluding hydrogens is 480 g/mol. The quantitative estimate of drug-likeness (QED) is 0.216. The van der Waals surface area contributed by atoms with Crippen LogP contribution in [0.2, 0.25) is 0 Å². The summed E-state index contributed by atoms with van der Waals surface area (Å²) >= 11 is 3.67. The molecule has 3 heteroatoms. The van der Waals surface area contributed by atoms with Gasteiger partial charge in [-0.05, 0) is 85.4 Å². The molecule has 0 fully saturated rings. The summed E-state index contributed by atoms with van der Waals surface area (Å²) in [6.45, 7) is 13.6. The van der Waals surface area contributed by atoms with E-state index in [1.807, 2.05) is 6.07 Å². The summed E-state index contributed by atoms with van der Waals surface area (Å²) in [6, 6.07) is 28.5. The van der Waals surface area contributed by atoms with Crippen LogP contribution >= 0.6 is 15.9 Å². The van der Waals surface area contributed by atoms with Gasteiger partial charge in [0.2, 0.25) is 0 Å². The first kappa shape index (κ1) is 22.9. The average Bonchev–Trinajstić information content (AvgIpc) is 3.11. The zero-order valence-electron chi connectivity index (χ0n) is 20.8. The zero-order valence-corrected chi connectivity index (χ0v) is 22.4. The van der Waals surface area contributed by atoms with Crippen LogP contribution < -0.4 is 0 Å². The number of nitrogens with zero attached hydrogens (tertiary/aromatic N) is 2. The summed E-state index contributed by atoms with van der Waals surface area (Å²) in [5.74, 6) is 0.917. The second-order valence-electron chi connectivity index (χ2n) is 11.2. The second kappa shape index (κ2) is 8.09. The number of aromatic nitrogens is 2. The normalized spacial score (nSPS) is 12.6. The molecule has 5 rings (SSSR count). The molecule has 0 N–H and O–H groups in total. The van der Waals surface area contributed by atoms with Crippen molar-refractivity contribution in [1.29, 1.82) is 0 Å². The highest BCUT2D eigenvalue weighted by Crippen LogP contribution is 2.38. The van der Waals surface area contributed by atoms with Gasteiger partial charge < -0.3 is 0 Å². The number of hydrogen-bond donors (Lipinski definition) is 0. The largest absolute Gasteiger partial charge is 0.294 e. The van der Waals surface area contributed by atoms with Crippen molar-refractivity contribution in [3.8, 4) is 16.9 Å². The minimum absolute atomic E-state index is 0.0821. The highest BCUT2D eigenvalue weighted by Gasteiger charge is 2.21. The van der Waals surface area contributed by atoms with Crippen molar-refractivity contribution in [2.24, 2.45) is 0 Å². The Labute approximate surface area is 210 Å². The van der Waals surface area contributed by atoms with Crippen molar-refractivity contribution < 1.29 is 0 Å². The van der Waals surface area contributed by atoms with Gasteiger partial charge in [-0.2, -0.15) is 0 Å². The average molecular weight is 512 g/mol. The third-order valence-corrected chi connectivity index (χ3v) is 7.02. The molecule has 0 radical (unpaired) electrons. The Hall–Kier alpha value is -2.91. The lowest BCUT2D eigenvalue weighted by atomic mass is 9.85. The van der Waals surface area contributed by atoms with Crippen molar-refractivity contribution >= 4 is 37.7 Å². The fourth-order valence-corrected chi connectivity index (χ4v) is 5.03. The first-order valence-electron chi connectivity index (χ1n) is 11.8. The van der Waals surface area contributed by atoms with E-state index in [9.17, 15) is 0 Å². The molecule has 2 aromatic heterocycles. The minimum atomic E-state index is 0.0821. The maximum Gasteiger partial charge on any atom is 0.139 e. The molecule has 0 aliphatic rings. The number of halogens is 1. The smallest absolute Gasteiger partial charge is 0.139 e. The van der Waals surface area contributed by atoms with E-state index in [0.29, 0.717) is 0 Å². The third kappa shape index (κ3) is 4.07. The van der Waals surface area contributed by atoms with Crippen LogP contribution in [0.1, 0.15) is 52.7 Å². The molecule has 34 heavy (non-hydrogen) atoms. The van der Waals surface area contributed by atoms with E-state index >= 15 is 0 Å². The molecule has 0 saturated heterocycles. The first-order chi connectivity index (χ1) is 16.0. The van der Waals surface area contributed by atoms with E-state index in [1.165, 1.54) is 38.5 Å². The molecule has 0 atom stereocenters. The van der Waals surface area contributed by atoms with Crippen LogP contribution in [0, 0.1) is 0 Å². The van der Waals surface area contributed by atoms with Crippen molar-refractivity contribution in [2.45, 2.75) is 52.4 Å². The monoisotopic (exact) mass is 510 g/mol. The van der Waals surface area contributed by atoms with Crippen LogP contribution in [0.5, 0.6) is 0 Å². The summed E-state index contributed by atoms with van der Waals surface area (Å²) in [4.78, 5) is 4.92. The summed E-state index contributed by atoms with van der Waals surface area (Å²) in [5.41, 5.74) is 7.53. The van der Waals surface area contributed by atoms with E-state index in [0.717, 1.165) is 16.0 Å². The predicted octanol–water partition coefficient (Wildman–Crippen LogP) is 9.20. The Morgan fingerprint density at radius 2 is 1.15 bits per heavy atom. The number of hydrogen-bond acceptors (Lipinski definition) is 1. The fourth-order valence-electron chi connectivity index (χ4n) is 4.60. The standard InChI is InChI=1S/C31H31BrN2/c1-30(2,3)22-12-14-26-24(18-22)25-19-23(31(4,5)6)13-15-27(25)34(26)29-17-21(16-28(32)33-29)20-10-8-7-9-11-20/h7-19H,1-6H3. The molecule has 0 saturated carbocycles. The lowest BCUT2D eigenvalue weighted by molar-refractivity contribution is 0.590. The van der Waals surface area contributed by atoms with Crippen LogP contribution in [0.4, 0.5) is 0 Å². The van der Waals surface area contributed by atoms with Gasteiger partial charge in [0.1, 0.15) is 10.4 Å². The van der Waals surface area contributed by atoms with Gasteiger partial charge in [-0.1, -0.05) is 84.0 Å². The van der Waals surface area contributed by atoms with Gasteiger partial charge in [-0.3, -0.25) is 4.57 Å². The molecule has 0 bridgehead atoms. The van der Waals surface area contributed by atoms with Crippen LogP contribution in [-0.2, 0) is 10.8 Å². The second-order valence-corrected chi connectivity index (χ2v) is 12.0. The van der Waals surface area contributed by atoms with Crippen molar-refractivity contribution in [3.05, 3.63) is 94.6 Å². The molecule has 2 heterocycles. The van der Waals surface area contributed by atoms with Gasteiger partial charge in [-0.25, -0.2) is 4.98 Å². The van der Waals surface area contributed by atoms with E-state index in [4.69, 9.17) is 4.98 Å². The maximum atomic E-state index is 4.92. The van der Waals surface area contributed by atoms with E-state index in [-0.39, 0.29) is 10.8 Å². The van der Waals surface area contributed by atoms with Crippen LogP contribution in [0.25, 0.3) is 38.8 Å². The van der Waals surface area contributed by atoms with Gasteiger partial charge in [0.25, 0.3) is 0 Å².